The Morgan fingerprint density at radius 3 is 2.76 bits per heavy atom. The van der Waals surface area contributed by atoms with Gasteiger partial charge >= 0.3 is 0 Å². The van der Waals surface area contributed by atoms with Crippen LogP contribution in [0.5, 0.6) is 0 Å². The zero-order valence-corrected chi connectivity index (χ0v) is 12.5. The fourth-order valence-electron chi connectivity index (χ4n) is 2.40. The predicted octanol–water partition coefficient (Wildman–Crippen LogP) is 3.16. The van der Waals surface area contributed by atoms with Gasteiger partial charge in [0.15, 0.2) is 0 Å². The smallest absolute Gasteiger partial charge is 0.0285 e. The van der Waals surface area contributed by atoms with Crippen LogP contribution in [0.2, 0.25) is 0 Å². The topological polar surface area (TPSA) is 38.0 Å². The minimum Gasteiger partial charge on any atom is -0.328 e. The molecule has 1 heterocycles. The van der Waals surface area contributed by atoms with Crippen LogP contribution in [0.25, 0.3) is 0 Å². The summed E-state index contributed by atoms with van der Waals surface area (Å²) in [5.74, 6) is 0.852. The second kappa shape index (κ2) is 6.88. The van der Waals surface area contributed by atoms with Crippen molar-refractivity contribution < 1.29 is 0 Å². The van der Waals surface area contributed by atoms with Gasteiger partial charge in [0.25, 0.3) is 0 Å². The fraction of sp³-hybridized carbons (Fsp3) is 0.692. The van der Waals surface area contributed by atoms with E-state index in [-0.39, 0.29) is 0 Å². The first-order valence-electron chi connectivity index (χ1n) is 6.43. The molecule has 0 amide bonds. The van der Waals surface area contributed by atoms with Crippen molar-refractivity contribution in [3.63, 3.8) is 0 Å². The molecule has 0 bridgehead atoms. The Kier molecular flexibility index (Phi) is 5.48. The molecule has 1 aliphatic rings. The summed E-state index contributed by atoms with van der Waals surface area (Å²) in [6.45, 7) is 2.26. The number of nitrogens with one attached hydrogen (secondary N) is 1. The molecular weight excluding hydrogens is 296 g/mol. The van der Waals surface area contributed by atoms with Crippen LogP contribution in [-0.4, -0.2) is 19.1 Å². The zero-order chi connectivity index (χ0) is 12.1. The van der Waals surface area contributed by atoms with Gasteiger partial charge in [0.1, 0.15) is 0 Å². The van der Waals surface area contributed by atoms with Gasteiger partial charge in [-0.15, -0.1) is 11.3 Å². The fourth-order valence-corrected chi connectivity index (χ4v) is 3.85. The molecule has 1 aliphatic carbocycles. The molecule has 0 spiro atoms. The molecule has 0 aliphatic heterocycles. The van der Waals surface area contributed by atoms with Crippen LogP contribution < -0.4 is 11.1 Å². The van der Waals surface area contributed by atoms with Gasteiger partial charge in [-0.1, -0.05) is 0 Å². The first-order valence-corrected chi connectivity index (χ1v) is 8.10. The van der Waals surface area contributed by atoms with Crippen LogP contribution in [0, 0.1) is 5.92 Å². The molecule has 17 heavy (non-hydrogen) atoms. The quantitative estimate of drug-likeness (QED) is 0.819. The van der Waals surface area contributed by atoms with Crippen LogP contribution in [0.15, 0.2) is 15.9 Å². The van der Waals surface area contributed by atoms with Crippen molar-refractivity contribution in [3.8, 4) is 0 Å². The molecule has 2 nitrogen and oxygen atoms in total. The van der Waals surface area contributed by atoms with E-state index >= 15 is 0 Å². The standard InChI is InChI=1S/C13H21BrN2S/c14-11-7-13(17-9-11)5-6-16-8-10-1-3-12(15)4-2-10/h7,9-10,12,16H,1-6,8,15H2. The monoisotopic (exact) mass is 316 g/mol. The molecule has 1 fully saturated rings. The maximum atomic E-state index is 5.91. The van der Waals surface area contributed by atoms with Crippen molar-refractivity contribution in [2.24, 2.45) is 11.7 Å². The van der Waals surface area contributed by atoms with Gasteiger partial charge in [-0.05, 0) is 73.1 Å². The molecule has 0 unspecified atom stereocenters. The van der Waals surface area contributed by atoms with Gasteiger partial charge in [0, 0.05) is 20.8 Å². The largest absolute Gasteiger partial charge is 0.328 e. The van der Waals surface area contributed by atoms with Gasteiger partial charge in [0.2, 0.25) is 0 Å². The molecule has 0 aromatic carbocycles. The van der Waals surface area contributed by atoms with E-state index in [9.17, 15) is 0 Å². The summed E-state index contributed by atoms with van der Waals surface area (Å²) in [6, 6.07) is 2.68. The number of hydrogen-bond acceptors (Lipinski definition) is 3. The van der Waals surface area contributed by atoms with Gasteiger partial charge in [0.05, 0.1) is 0 Å². The van der Waals surface area contributed by atoms with Gasteiger partial charge in [-0.2, -0.15) is 0 Å². The maximum absolute atomic E-state index is 5.91. The molecule has 1 saturated carbocycles. The molecule has 2 rings (SSSR count). The zero-order valence-electron chi connectivity index (χ0n) is 10.1. The summed E-state index contributed by atoms with van der Waals surface area (Å²) < 4.78 is 1.21. The average Bonchev–Trinajstić information content (AvgIpc) is 2.73. The predicted molar refractivity (Wildman–Crippen MR) is 78.5 cm³/mol. The molecule has 0 atom stereocenters. The van der Waals surface area contributed by atoms with E-state index in [0.717, 1.165) is 18.9 Å². The minimum atomic E-state index is 0.467. The lowest BCUT2D eigenvalue weighted by Crippen LogP contribution is -2.32. The molecule has 96 valence electrons. The Bertz CT molecular complexity index is 332. The van der Waals surface area contributed by atoms with Crippen molar-refractivity contribution in [3.05, 3.63) is 20.8 Å². The highest BCUT2D eigenvalue weighted by Gasteiger charge is 2.17. The molecular formula is C13H21BrN2S. The van der Waals surface area contributed by atoms with Gasteiger partial charge in [-0.3, -0.25) is 0 Å². The minimum absolute atomic E-state index is 0.467. The highest BCUT2D eigenvalue weighted by Crippen LogP contribution is 2.22. The van der Waals surface area contributed by atoms with E-state index in [1.807, 2.05) is 11.3 Å². The average molecular weight is 317 g/mol. The van der Waals surface area contributed by atoms with Crippen molar-refractivity contribution in [2.45, 2.75) is 38.1 Å². The van der Waals surface area contributed by atoms with Crippen LogP contribution >= 0.6 is 27.3 Å². The third-order valence-corrected chi connectivity index (χ3v) is 5.25. The van der Waals surface area contributed by atoms with E-state index in [2.05, 4.69) is 32.7 Å². The maximum Gasteiger partial charge on any atom is 0.0285 e. The Balaban J connectivity index is 1.57. The van der Waals surface area contributed by atoms with Crippen LogP contribution in [0.1, 0.15) is 30.6 Å². The third-order valence-electron chi connectivity index (χ3n) is 3.49. The number of thiophene rings is 1. The number of nitrogens with two attached hydrogens (primary N) is 1. The SMILES string of the molecule is NC1CCC(CNCCc2cc(Br)cs2)CC1. The Labute approximate surface area is 116 Å². The second-order valence-corrected chi connectivity index (χ2v) is 6.88. The van der Waals surface area contributed by atoms with Crippen molar-refractivity contribution in [1.82, 2.24) is 5.32 Å². The Morgan fingerprint density at radius 2 is 2.12 bits per heavy atom. The molecule has 4 heteroatoms. The molecule has 3 N–H and O–H groups in total. The van der Waals surface area contributed by atoms with Crippen LogP contribution in [0.3, 0.4) is 0 Å². The van der Waals surface area contributed by atoms with Crippen LogP contribution in [0.4, 0.5) is 0 Å². The third kappa shape index (κ3) is 4.70. The summed E-state index contributed by atoms with van der Waals surface area (Å²) >= 11 is 5.32. The number of halogens is 1. The van der Waals surface area contributed by atoms with E-state index in [1.165, 1.54) is 41.6 Å². The highest BCUT2D eigenvalue weighted by molar-refractivity contribution is 9.10. The summed E-state index contributed by atoms with van der Waals surface area (Å²) in [6.07, 6.45) is 6.17. The Hall–Kier alpha value is 0.1000. The molecule has 0 radical (unpaired) electrons. The molecule has 0 saturated heterocycles. The van der Waals surface area contributed by atoms with E-state index in [4.69, 9.17) is 5.73 Å². The second-order valence-electron chi connectivity index (χ2n) is 4.97. The van der Waals surface area contributed by atoms with Crippen molar-refractivity contribution in [1.29, 1.82) is 0 Å². The lowest BCUT2D eigenvalue weighted by Gasteiger charge is -2.26. The first kappa shape index (κ1) is 13.5. The van der Waals surface area contributed by atoms with Crippen molar-refractivity contribution in [2.75, 3.05) is 13.1 Å². The van der Waals surface area contributed by atoms with Gasteiger partial charge < -0.3 is 11.1 Å². The normalized spacial score (nSPS) is 25.1. The van der Waals surface area contributed by atoms with E-state index in [1.54, 1.807) is 0 Å². The van der Waals surface area contributed by atoms with Gasteiger partial charge in [-0.25, -0.2) is 0 Å². The number of hydrogen-bond donors (Lipinski definition) is 2. The summed E-state index contributed by atoms with van der Waals surface area (Å²) in [4.78, 5) is 1.45. The number of rotatable bonds is 5. The molecule has 1 aromatic rings. The Morgan fingerprint density at radius 1 is 1.35 bits per heavy atom. The summed E-state index contributed by atoms with van der Waals surface area (Å²) in [5, 5.41) is 5.73. The summed E-state index contributed by atoms with van der Waals surface area (Å²) in [5.41, 5.74) is 5.91. The van der Waals surface area contributed by atoms with Crippen LogP contribution in [-0.2, 0) is 6.42 Å². The van der Waals surface area contributed by atoms with Crippen molar-refractivity contribution >= 4 is 27.3 Å². The van der Waals surface area contributed by atoms with E-state index in [0.29, 0.717) is 6.04 Å². The lowest BCUT2D eigenvalue weighted by atomic mass is 9.86. The summed E-state index contributed by atoms with van der Waals surface area (Å²) in [7, 11) is 0. The van der Waals surface area contributed by atoms with E-state index < -0.39 is 0 Å². The first-order chi connectivity index (χ1) is 8.24. The lowest BCUT2D eigenvalue weighted by molar-refractivity contribution is 0.315. The molecule has 1 aromatic heterocycles. The highest BCUT2D eigenvalue weighted by atomic mass is 79.9.